The Morgan fingerprint density at radius 3 is 3.05 bits per heavy atom. The van der Waals surface area contributed by atoms with Crippen molar-refractivity contribution >= 4 is 17.5 Å². The summed E-state index contributed by atoms with van der Waals surface area (Å²) in [6.07, 6.45) is 3.49. The van der Waals surface area contributed by atoms with Gasteiger partial charge in [-0.3, -0.25) is 9.63 Å². The Balaban J connectivity index is 1.77. The largest absolute Gasteiger partial charge is 0.454 e. The maximum Gasteiger partial charge on any atom is 0.243 e. The first-order chi connectivity index (χ1) is 9.70. The molecule has 1 amide bonds. The van der Waals surface area contributed by atoms with Gasteiger partial charge in [0.05, 0.1) is 11.6 Å². The molecular weight excluding hydrogens is 282 g/mol. The number of benzene rings is 1. The Morgan fingerprint density at radius 1 is 1.40 bits per heavy atom. The van der Waals surface area contributed by atoms with Crippen LogP contribution in [0, 0.1) is 0 Å². The molecule has 0 spiro atoms. The third-order valence-corrected chi connectivity index (χ3v) is 3.20. The van der Waals surface area contributed by atoms with Crippen LogP contribution in [0.1, 0.15) is 38.2 Å². The van der Waals surface area contributed by atoms with E-state index in [-0.39, 0.29) is 19.3 Å². The van der Waals surface area contributed by atoms with Crippen LogP contribution in [-0.4, -0.2) is 12.7 Å². The fraction of sp³-hybridized carbons (Fsp3) is 0.500. The zero-order valence-corrected chi connectivity index (χ0v) is 12.2. The first kappa shape index (κ1) is 14.9. The predicted octanol–water partition coefficient (Wildman–Crippen LogP) is 3.20. The van der Waals surface area contributed by atoms with Crippen LogP contribution >= 0.6 is 11.6 Å². The van der Waals surface area contributed by atoms with E-state index in [0.29, 0.717) is 22.9 Å². The highest BCUT2D eigenvalue weighted by atomic mass is 35.5. The van der Waals surface area contributed by atoms with Crippen molar-refractivity contribution in [2.24, 2.45) is 0 Å². The highest BCUT2D eigenvalue weighted by molar-refractivity contribution is 6.32. The van der Waals surface area contributed by atoms with Crippen molar-refractivity contribution in [1.29, 1.82) is 0 Å². The van der Waals surface area contributed by atoms with E-state index in [1.165, 1.54) is 0 Å². The van der Waals surface area contributed by atoms with E-state index in [9.17, 15) is 4.79 Å². The van der Waals surface area contributed by atoms with Crippen LogP contribution < -0.4 is 15.0 Å². The van der Waals surface area contributed by atoms with Gasteiger partial charge in [0.1, 0.15) is 0 Å². The molecule has 1 aliphatic rings. The molecule has 0 fully saturated rings. The Morgan fingerprint density at radius 2 is 2.25 bits per heavy atom. The van der Waals surface area contributed by atoms with Crippen LogP contribution in [0.2, 0.25) is 5.02 Å². The van der Waals surface area contributed by atoms with Crippen molar-refractivity contribution in [2.75, 3.05) is 6.79 Å². The number of hydrogen-bond acceptors (Lipinski definition) is 4. The molecule has 0 aliphatic carbocycles. The Kier molecular flexibility index (Phi) is 5.49. The number of nitrogens with one attached hydrogen (secondary N) is 1. The second-order valence-corrected chi connectivity index (χ2v) is 4.99. The number of rotatable bonds is 7. The van der Waals surface area contributed by atoms with Crippen molar-refractivity contribution in [3.05, 3.63) is 22.7 Å². The summed E-state index contributed by atoms with van der Waals surface area (Å²) < 4.78 is 10.5. The second-order valence-electron chi connectivity index (χ2n) is 4.58. The average Bonchev–Trinajstić information content (AvgIpc) is 2.88. The van der Waals surface area contributed by atoms with Gasteiger partial charge < -0.3 is 9.47 Å². The number of ether oxygens (including phenoxy) is 2. The number of halogens is 1. The summed E-state index contributed by atoms with van der Waals surface area (Å²) in [6, 6.07) is 3.52. The number of unbranched alkanes of at least 4 members (excludes halogenated alkanes) is 2. The van der Waals surface area contributed by atoms with Gasteiger partial charge in [0.15, 0.2) is 11.5 Å². The van der Waals surface area contributed by atoms with Crippen LogP contribution in [0.25, 0.3) is 0 Å². The van der Waals surface area contributed by atoms with Crippen LogP contribution in [0.4, 0.5) is 0 Å². The highest BCUT2D eigenvalue weighted by Gasteiger charge is 2.18. The first-order valence-electron chi connectivity index (χ1n) is 6.69. The molecule has 1 aromatic rings. The standard InChI is InChI=1S/C14H18ClNO4/c1-2-3-4-5-13(17)16-20-8-10-6-11(15)14-12(7-10)18-9-19-14/h6-7H,2-5,8-9H2,1H3,(H,16,17). The lowest BCUT2D eigenvalue weighted by Gasteiger charge is -2.07. The number of hydrogen-bond donors (Lipinski definition) is 1. The maximum atomic E-state index is 11.5. The lowest BCUT2D eigenvalue weighted by atomic mass is 10.2. The van der Waals surface area contributed by atoms with Crippen LogP contribution in [0.5, 0.6) is 11.5 Å². The molecule has 0 radical (unpaired) electrons. The second kappa shape index (κ2) is 7.36. The molecule has 1 aromatic carbocycles. The zero-order chi connectivity index (χ0) is 14.4. The minimum absolute atomic E-state index is 0.106. The fourth-order valence-corrected chi connectivity index (χ4v) is 2.18. The molecule has 6 heteroatoms. The van der Waals surface area contributed by atoms with E-state index in [1.807, 2.05) is 0 Å². The number of hydroxylamine groups is 1. The number of amides is 1. The summed E-state index contributed by atoms with van der Waals surface area (Å²) in [7, 11) is 0. The predicted molar refractivity (Wildman–Crippen MR) is 74.6 cm³/mol. The minimum atomic E-state index is -0.106. The van der Waals surface area contributed by atoms with Gasteiger partial charge in [-0.15, -0.1) is 0 Å². The van der Waals surface area contributed by atoms with E-state index in [2.05, 4.69) is 12.4 Å². The van der Waals surface area contributed by atoms with Gasteiger partial charge in [-0.1, -0.05) is 31.4 Å². The molecule has 1 heterocycles. The number of fused-ring (bicyclic) bond motifs is 1. The molecule has 0 atom stereocenters. The quantitative estimate of drug-likeness (QED) is 0.620. The Hall–Kier alpha value is -1.46. The zero-order valence-electron chi connectivity index (χ0n) is 11.4. The fourth-order valence-electron chi connectivity index (χ4n) is 1.89. The smallest absolute Gasteiger partial charge is 0.243 e. The number of carbonyl (C=O) groups excluding carboxylic acids is 1. The SMILES string of the molecule is CCCCCC(=O)NOCc1cc(Cl)c2c(c1)OCO2. The highest BCUT2D eigenvalue weighted by Crippen LogP contribution is 2.39. The molecule has 20 heavy (non-hydrogen) atoms. The third kappa shape index (κ3) is 4.02. The van der Waals surface area contributed by atoms with Crippen molar-refractivity contribution < 1.29 is 19.1 Å². The molecule has 2 rings (SSSR count). The molecule has 1 aliphatic heterocycles. The maximum absolute atomic E-state index is 11.5. The van der Waals surface area contributed by atoms with Crippen molar-refractivity contribution in [2.45, 2.75) is 39.2 Å². The molecule has 0 bridgehead atoms. The van der Waals surface area contributed by atoms with E-state index in [1.54, 1.807) is 12.1 Å². The Bertz CT molecular complexity index is 478. The minimum Gasteiger partial charge on any atom is -0.454 e. The van der Waals surface area contributed by atoms with Gasteiger partial charge >= 0.3 is 0 Å². The first-order valence-corrected chi connectivity index (χ1v) is 7.07. The molecule has 0 saturated heterocycles. The Labute approximate surface area is 123 Å². The van der Waals surface area contributed by atoms with Gasteiger partial charge in [-0.05, 0) is 24.1 Å². The lowest BCUT2D eigenvalue weighted by molar-refractivity contribution is -0.134. The van der Waals surface area contributed by atoms with E-state index in [0.717, 1.165) is 24.8 Å². The monoisotopic (exact) mass is 299 g/mol. The van der Waals surface area contributed by atoms with Gasteiger partial charge in [0.2, 0.25) is 12.7 Å². The third-order valence-electron chi connectivity index (χ3n) is 2.92. The topological polar surface area (TPSA) is 56.8 Å². The summed E-state index contributed by atoms with van der Waals surface area (Å²) in [5.41, 5.74) is 3.24. The molecule has 5 nitrogen and oxygen atoms in total. The molecular formula is C14H18ClNO4. The molecule has 1 N–H and O–H groups in total. The lowest BCUT2D eigenvalue weighted by Crippen LogP contribution is -2.23. The number of carbonyl (C=O) groups is 1. The van der Waals surface area contributed by atoms with Gasteiger partial charge in [-0.25, -0.2) is 5.48 Å². The molecule has 0 saturated carbocycles. The van der Waals surface area contributed by atoms with E-state index < -0.39 is 0 Å². The average molecular weight is 300 g/mol. The molecule has 0 aromatic heterocycles. The van der Waals surface area contributed by atoms with Gasteiger partial charge in [0, 0.05) is 6.42 Å². The van der Waals surface area contributed by atoms with Crippen molar-refractivity contribution in [3.8, 4) is 11.5 Å². The summed E-state index contributed by atoms with van der Waals surface area (Å²) >= 11 is 6.05. The summed E-state index contributed by atoms with van der Waals surface area (Å²) in [5.74, 6) is 1.05. The summed E-state index contributed by atoms with van der Waals surface area (Å²) in [5, 5.41) is 0.480. The summed E-state index contributed by atoms with van der Waals surface area (Å²) in [6.45, 7) is 2.50. The summed E-state index contributed by atoms with van der Waals surface area (Å²) in [4.78, 5) is 16.6. The molecule has 0 unspecified atom stereocenters. The van der Waals surface area contributed by atoms with Crippen LogP contribution in [0.3, 0.4) is 0 Å². The molecule has 110 valence electrons. The van der Waals surface area contributed by atoms with Crippen LogP contribution in [0.15, 0.2) is 12.1 Å². The van der Waals surface area contributed by atoms with E-state index in [4.69, 9.17) is 25.9 Å². The van der Waals surface area contributed by atoms with Crippen molar-refractivity contribution in [3.63, 3.8) is 0 Å². The van der Waals surface area contributed by atoms with Crippen LogP contribution in [-0.2, 0) is 16.2 Å². The van der Waals surface area contributed by atoms with Gasteiger partial charge in [-0.2, -0.15) is 0 Å². The van der Waals surface area contributed by atoms with E-state index >= 15 is 0 Å². The normalized spacial score (nSPS) is 12.5. The van der Waals surface area contributed by atoms with Gasteiger partial charge in [0.25, 0.3) is 0 Å². The van der Waals surface area contributed by atoms with Crippen molar-refractivity contribution in [1.82, 2.24) is 5.48 Å².